The summed E-state index contributed by atoms with van der Waals surface area (Å²) in [5, 5.41) is 0. The van der Waals surface area contributed by atoms with Gasteiger partial charge in [0.15, 0.2) is 6.10 Å². The van der Waals surface area contributed by atoms with E-state index in [4.69, 9.17) is 14.2 Å². The Morgan fingerprint density at radius 3 is 0.815 bits per heavy atom. The van der Waals surface area contributed by atoms with Crippen LogP contribution in [0.4, 0.5) is 0 Å². The lowest BCUT2D eigenvalue weighted by Crippen LogP contribution is -2.30. The van der Waals surface area contributed by atoms with Gasteiger partial charge in [-0.15, -0.1) is 0 Å². The Hall–Kier alpha value is -3.41. The molecule has 0 N–H and O–H groups in total. The first kappa shape index (κ1) is 77.6. The molecule has 0 fully saturated rings. The van der Waals surface area contributed by atoms with Crippen molar-refractivity contribution in [1.29, 1.82) is 0 Å². The van der Waals surface area contributed by atoms with E-state index in [0.29, 0.717) is 19.3 Å². The van der Waals surface area contributed by atoms with E-state index in [1.165, 1.54) is 186 Å². The van der Waals surface area contributed by atoms with Gasteiger partial charge in [-0.3, -0.25) is 14.4 Å². The van der Waals surface area contributed by atoms with Crippen molar-refractivity contribution in [2.45, 2.75) is 361 Å². The molecule has 0 aromatic rings. The summed E-state index contributed by atoms with van der Waals surface area (Å²) in [6.07, 6.45) is 91.9. The lowest BCUT2D eigenvalue weighted by molar-refractivity contribution is -0.167. The Morgan fingerprint density at radius 1 is 0.259 bits per heavy atom. The Labute approximate surface area is 503 Å². The summed E-state index contributed by atoms with van der Waals surface area (Å²) in [5.41, 5.74) is 0. The van der Waals surface area contributed by atoms with E-state index in [-0.39, 0.29) is 31.1 Å². The van der Waals surface area contributed by atoms with Gasteiger partial charge in [0.2, 0.25) is 0 Å². The van der Waals surface area contributed by atoms with Crippen LogP contribution in [-0.4, -0.2) is 37.2 Å². The smallest absolute Gasteiger partial charge is 0.306 e. The van der Waals surface area contributed by atoms with Crippen LogP contribution >= 0.6 is 0 Å². The minimum Gasteiger partial charge on any atom is -0.462 e. The van der Waals surface area contributed by atoms with Gasteiger partial charge in [0, 0.05) is 19.3 Å². The van der Waals surface area contributed by atoms with E-state index in [1.54, 1.807) is 0 Å². The number of carbonyl (C=O) groups is 3. The molecular weight excluding hydrogens is 997 g/mol. The quantitative estimate of drug-likeness (QED) is 0.0261. The SMILES string of the molecule is CC/C=C\C/C=C\C/C=C\C/C=C\CCCCCCCCC(=O)OC(COC(=O)CCCCCCC/C=C\C/C=C\CCC)COC(=O)CCCCCCCCCCCCCCCCCCCCC/C=C\CCCCCCCCCC. The molecule has 0 amide bonds. The van der Waals surface area contributed by atoms with Crippen molar-refractivity contribution in [3.63, 3.8) is 0 Å². The van der Waals surface area contributed by atoms with Crippen molar-refractivity contribution in [1.82, 2.24) is 0 Å². The van der Waals surface area contributed by atoms with Gasteiger partial charge in [-0.25, -0.2) is 0 Å². The zero-order valence-corrected chi connectivity index (χ0v) is 53.8. The van der Waals surface area contributed by atoms with Crippen LogP contribution in [0.5, 0.6) is 0 Å². The molecule has 0 aliphatic heterocycles. The first-order valence-corrected chi connectivity index (χ1v) is 35.1. The normalized spacial score (nSPS) is 12.6. The Balaban J connectivity index is 4.20. The van der Waals surface area contributed by atoms with Crippen molar-refractivity contribution in [3.8, 4) is 0 Å². The Morgan fingerprint density at radius 2 is 0.506 bits per heavy atom. The first-order chi connectivity index (χ1) is 40.0. The molecule has 0 aliphatic carbocycles. The lowest BCUT2D eigenvalue weighted by Gasteiger charge is -2.18. The summed E-state index contributed by atoms with van der Waals surface area (Å²) in [5.74, 6) is -0.898. The molecule has 0 aromatic heterocycles. The highest BCUT2D eigenvalue weighted by Crippen LogP contribution is 2.18. The van der Waals surface area contributed by atoms with E-state index in [2.05, 4.69) is 106 Å². The molecule has 0 aromatic carbocycles. The molecule has 6 nitrogen and oxygen atoms in total. The number of carbonyl (C=O) groups excluding carboxylic acids is 3. The molecule has 1 atom stereocenters. The molecule has 0 saturated heterocycles. The number of rotatable bonds is 64. The second-order valence-electron chi connectivity index (χ2n) is 23.4. The maximum atomic E-state index is 12.9. The minimum atomic E-state index is -0.791. The van der Waals surface area contributed by atoms with Gasteiger partial charge in [-0.05, 0) is 109 Å². The van der Waals surface area contributed by atoms with E-state index in [0.717, 1.165) is 128 Å². The van der Waals surface area contributed by atoms with Gasteiger partial charge in [0.25, 0.3) is 0 Å². The average Bonchev–Trinajstić information content (AvgIpc) is 3.46. The predicted molar refractivity (Wildman–Crippen MR) is 353 cm³/mol. The number of hydrogen-bond donors (Lipinski definition) is 0. The second kappa shape index (κ2) is 69.1. The summed E-state index contributed by atoms with van der Waals surface area (Å²) in [4.78, 5) is 38.4. The molecule has 0 radical (unpaired) electrons. The van der Waals surface area contributed by atoms with Crippen molar-refractivity contribution in [3.05, 3.63) is 85.1 Å². The molecule has 0 spiro atoms. The third kappa shape index (κ3) is 67.3. The molecule has 81 heavy (non-hydrogen) atoms. The number of esters is 3. The van der Waals surface area contributed by atoms with Gasteiger partial charge in [0.05, 0.1) is 0 Å². The van der Waals surface area contributed by atoms with E-state index < -0.39 is 6.10 Å². The zero-order valence-electron chi connectivity index (χ0n) is 53.8. The van der Waals surface area contributed by atoms with Gasteiger partial charge >= 0.3 is 17.9 Å². The molecule has 0 aliphatic rings. The monoisotopic (exact) mass is 1130 g/mol. The van der Waals surface area contributed by atoms with Crippen LogP contribution in [0.1, 0.15) is 355 Å². The molecule has 0 bridgehead atoms. The molecule has 0 saturated carbocycles. The summed E-state index contributed by atoms with van der Waals surface area (Å²) in [6, 6.07) is 0. The van der Waals surface area contributed by atoms with Crippen molar-refractivity contribution < 1.29 is 28.6 Å². The molecule has 6 heteroatoms. The number of allylic oxidation sites excluding steroid dienone is 14. The van der Waals surface area contributed by atoms with Crippen LogP contribution < -0.4 is 0 Å². The fourth-order valence-corrected chi connectivity index (χ4v) is 10.1. The topological polar surface area (TPSA) is 78.9 Å². The van der Waals surface area contributed by atoms with E-state index >= 15 is 0 Å². The third-order valence-corrected chi connectivity index (χ3v) is 15.3. The third-order valence-electron chi connectivity index (χ3n) is 15.3. The van der Waals surface area contributed by atoms with E-state index in [9.17, 15) is 14.4 Å². The average molecular weight is 1130 g/mol. The summed E-state index contributed by atoms with van der Waals surface area (Å²) in [6.45, 7) is 6.48. The van der Waals surface area contributed by atoms with Gasteiger partial charge in [-0.1, -0.05) is 311 Å². The summed E-state index contributed by atoms with van der Waals surface area (Å²) in [7, 11) is 0. The van der Waals surface area contributed by atoms with Crippen LogP contribution in [-0.2, 0) is 28.6 Å². The molecule has 0 rings (SSSR count). The summed E-state index contributed by atoms with van der Waals surface area (Å²) >= 11 is 0. The highest BCUT2D eigenvalue weighted by molar-refractivity contribution is 5.71. The van der Waals surface area contributed by atoms with Crippen LogP contribution in [0.3, 0.4) is 0 Å². The first-order valence-electron chi connectivity index (χ1n) is 35.1. The maximum absolute atomic E-state index is 12.9. The van der Waals surface area contributed by atoms with Crippen molar-refractivity contribution in [2.75, 3.05) is 13.2 Å². The molecule has 0 heterocycles. The van der Waals surface area contributed by atoms with Gasteiger partial charge < -0.3 is 14.2 Å². The van der Waals surface area contributed by atoms with Gasteiger partial charge in [-0.2, -0.15) is 0 Å². The Kier molecular flexibility index (Phi) is 66.2. The van der Waals surface area contributed by atoms with Crippen molar-refractivity contribution >= 4 is 17.9 Å². The maximum Gasteiger partial charge on any atom is 0.306 e. The summed E-state index contributed by atoms with van der Waals surface area (Å²) < 4.78 is 16.9. The minimum absolute atomic E-state index is 0.0847. The highest BCUT2D eigenvalue weighted by atomic mass is 16.6. The second-order valence-corrected chi connectivity index (χ2v) is 23.4. The predicted octanol–water partition coefficient (Wildman–Crippen LogP) is 24.2. The fourth-order valence-electron chi connectivity index (χ4n) is 10.1. The van der Waals surface area contributed by atoms with Gasteiger partial charge in [0.1, 0.15) is 13.2 Å². The number of hydrogen-bond acceptors (Lipinski definition) is 6. The van der Waals surface area contributed by atoms with Crippen LogP contribution in [0.15, 0.2) is 85.1 Å². The van der Waals surface area contributed by atoms with Crippen LogP contribution in [0.25, 0.3) is 0 Å². The largest absolute Gasteiger partial charge is 0.462 e. The zero-order chi connectivity index (χ0) is 58.5. The fraction of sp³-hybridized carbons (Fsp3) is 0.773. The highest BCUT2D eigenvalue weighted by Gasteiger charge is 2.19. The van der Waals surface area contributed by atoms with Crippen LogP contribution in [0, 0.1) is 0 Å². The molecule has 1 unspecified atom stereocenters. The standard InChI is InChI=1S/C75H132O6/c1-4-7-10-13-16-19-22-25-27-29-31-32-33-34-35-36-37-38-39-40-41-42-44-45-47-50-53-56-59-62-65-68-74(77)80-71-72(70-79-73(76)67-64-61-58-55-52-49-24-21-18-15-12-9-6-3)81-75(78)69-66-63-60-57-54-51-48-46-43-30-28-26-23-20-17-14-11-8-5-2/h8,11-12,15,17,20-21,24,26,28-29,31,43,46,72H,4-7,9-10,13-14,16,18-19,22-23,25,27,30,32-42,44-45,47-71H2,1-3H3/b11-8-,15-12-,20-17-,24-21-,28-26-,31-29-,46-43-. The number of ether oxygens (including phenoxy) is 3. The van der Waals surface area contributed by atoms with E-state index in [1.807, 2.05) is 0 Å². The van der Waals surface area contributed by atoms with Crippen molar-refractivity contribution in [2.24, 2.45) is 0 Å². The molecular formula is C75H132O6. The molecule has 468 valence electrons. The lowest BCUT2D eigenvalue weighted by atomic mass is 10.0. The number of unbranched alkanes of at least 4 members (excludes halogenated alkanes) is 39. The van der Waals surface area contributed by atoms with Crippen LogP contribution in [0.2, 0.25) is 0 Å². The Bertz CT molecular complexity index is 1530.